The Labute approximate surface area is 189 Å². The van der Waals surface area contributed by atoms with E-state index in [0.717, 1.165) is 4.90 Å². The Morgan fingerprint density at radius 2 is 1.90 bits per heavy atom. The third-order valence-corrected chi connectivity index (χ3v) is 7.77. The van der Waals surface area contributed by atoms with E-state index in [0.29, 0.717) is 22.9 Å². The minimum atomic E-state index is -3.75. The lowest BCUT2D eigenvalue weighted by Crippen LogP contribution is -2.26. The molecule has 1 aliphatic heterocycles. The average molecular weight is 485 g/mol. The first-order valence-electron chi connectivity index (χ1n) is 9.20. The largest absolute Gasteiger partial charge is 0.495 e. The van der Waals surface area contributed by atoms with Crippen LogP contribution in [0, 0.1) is 0 Å². The van der Waals surface area contributed by atoms with Crippen LogP contribution in [0.2, 0.25) is 5.02 Å². The number of thioether (sulfide) groups is 1. The Kier molecular flexibility index (Phi) is 7.03. The summed E-state index contributed by atoms with van der Waals surface area (Å²) < 4.78 is 35.8. The number of halogens is 1. The van der Waals surface area contributed by atoms with Crippen LogP contribution in [0.1, 0.15) is 13.3 Å². The molecule has 0 aromatic heterocycles. The fourth-order valence-electron chi connectivity index (χ4n) is 2.90. The Bertz CT molecular complexity index is 1140. The minimum absolute atomic E-state index is 0.0413. The molecule has 3 rings (SSSR count). The van der Waals surface area contributed by atoms with E-state index in [1.807, 2.05) is 0 Å². The maximum absolute atomic E-state index is 12.7. The van der Waals surface area contributed by atoms with Crippen LogP contribution in [0.3, 0.4) is 0 Å². The second kappa shape index (κ2) is 9.37. The molecule has 0 aliphatic carbocycles. The van der Waals surface area contributed by atoms with Crippen molar-refractivity contribution in [2.24, 2.45) is 0 Å². The summed E-state index contributed by atoms with van der Waals surface area (Å²) in [5.74, 6) is -0.389. The van der Waals surface area contributed by atoms with E-state index in [1.165, 1.54) is 50.2 Å². The normalized spacial score (nSPS) is 15.6. The summed E-state index contributed by atoms with van der Waals surface area (Å²) in [6.07, 6.45) is -0.273. The number of amides is 2. The van der Waals surface area contributed by atoms with Crippen molar-refractivity contribution in [2.45, 2.75) is 28.4 Å². The van der Waals surface area contributed by atoms with E-state index in [-0.39, 0.29) is 27.5 Å². The van der Waals surface area contributed by atoms with E-state index in [9.17, 15) is 18.0 Å². The minimum Gasteiger partial charge on any atom is -0.495 e. The SMILES string of the molecule is COc1cc(OC)c(NC(=O)CCS(=O)(=O)c2ccc3c(c2)NC(=O)C(C)S3)cc1Cl. The molecule has 1 heterocycles. The number of fused-ring (bicyclic) bond motifs is 1. The Balaban J connectivity index is 1.70. The molecule has 31 heavy (non-hydrogen) atoms. The second-order valence-electron chi connectivity index (χ2n) is 6.71. The van der Waals surface area contributed by atoms with Crippen LogP contribution >= 0.6 is 23.4 Å². The van der Waals surface area contributed by atoms with Gasteiger partial charge in [-0.1, -0.05) is 11.6 Å². The first kappa shape index (κ1) is 23.2. The molecule has 0 spiro atoms. The van der Waals surface area contributed by atoms with Crippen LogP contribution in [0.15, 0.2) is 40.1 Å². The molecule has 1 atom stereocenters. The molecule has 0 saturated carbocycles. The van der Waals surface area contributed by atoms with Crippen molar-refractivity contribution in [3.8, 4) is 11.5 Å². The Morgan fingerprint density at radius 1 is 1.19 bits per heavy atom. The van der Waals surface area contributed by atoms with E-state index >= 15 is 0 Å². The third-order valence-electron chi connectivity index (χ3n) is 4.59. The average Bonchev–Trinajstić information content (AvgIpc) is 2.73. The lowest BCUT2D eigenvalue weighted by molar-refractivity contribution is -0.116. The fraction of sp³-hybridized carbons (Fsp3) is 0.300. The number of benzene rings is 2. The molecule has 1 aliphatic rings. The molecular formula is C20H21ClN2O6S2. The van der Waals surface area contributed by atoms with Gasteiger partial charge in [-0.15, -0.1) is 11.8 Å². The number of carbonyl (C=O) groups excluding carboxylic acids is 2. The number of anilines is 2. The van der Waals surface area contributed by atoms with Crippen LogP contribution in [0.4, 0.5) is 11.4 Å². The summed E-state index contributed by atoms with van der Waals surface area (Å²) in [7, 11) is -0.865. The van der Waals surface area contributed by atoms with Crippen molar-refractivity contribution in [3.05, 3.63) is 35.4 Å². The van der Waals surface area contributed by atoms with Crippen molar-refractivity contribution in [1.29, 1.82) is 0 Å². The zero-order valence-electron chi connectivity index (χ0n) is 17.0. The van der Waals surface area contributed by atoms with Gasteiger partial charge in [0.05, 0.1) is 46.5 Å². The lowest BCUT2D eigenvalue weighted by atomic mass is 10.2. The van der Waals surface area contributed by atoms with E-state index in [2.05, 4.69) is 10.6 Å². The molecule has 0 fully saturated rings. The van der Waals surface area contributed by atoms with Crippen LogP contribution in [-0.2, 0) is 19.4 Å². The molecule has 166 valence electrons. The summed E-state index contributed by atoms with van der Waals surface area (Å²) in [6, 6.07) is 7.56. The van der Waals surface area contributed by atoms with Gasteiger partial charge in [0.15, 0.2) is 9.84 Å². The van der Waals surface area contributed by atoms with Crippen molar-refractivity contribution in [3.63, 3.8) is 0 Å². The quantitative estimate of drug-likeness (QED) is 0.617. The van der Waals surface area contributed by atoms with Crippen molar-refractivity contribution >= 4 is 56.4 Å². The third kappa shape index (κ3) is 5.25. The Hall–Kier alpha value is -2.43. The van der Waals surface area contributed by atoms with Gasteiger partial charge in [0, 0.05) is 17.4 Å². The molecule has 2 amide bonds. The number of sulfone groups is 1. The van der Waals surface area contributed by atoms with Gasteiger partial charge in [0.2, 0.25) is 11.8 Å². The molecule has 2 N–H and O–H groups in total. The first-order chi connectivity index (χ1) is 14.6. The zero-order chi connectivity index (χ0) is 22.8. The van der Waals surface area contributed by atoms with Gasteiger partial charge in [-0.05, 0) is 31.2 Å². The predicted molar refractivity (Wildman–Crippen MR) is 120 cm³/mol. The second-order valence-corrected chi connectivity index (χ2v) is 10.6. The molecule has 2 aromatic carbocycles. The molecule has 0 saturated heterocycles. The van der Waals surface area contributed by atoms with E-state index < -0.39 is 21.5 Å². The number of hydrogen-bond donors (Lipinski definition) is 2. The van der Waals surface area contributed by atoms with Crippen molar-refractivity contribution in [2.75, 3.05) is 30.6 Å². The highest BCUT2D eigenvalue weighted by molar-refractivity contribution is 8.01. The summed E-state index contributed by atoms with van der Waals surface area (Å²) in [5, 5.41) is 5.34. The molecule has 8 nitrogen and oxygen atoms in total. The van der Waals surface area contributed by atoms with E-state index in [1.54, 1.807) is 13.0 Å². The number of ether oxygens (including phenoxy) is 2. The Morgan fingerprint density at radius 3 is 2.58 bits per heavy atom. The van der Waals surface area contributed by atoms with Gasteiger partial charge in [-0.3, -0.25) is 9.59 Å². The van der Waals surface area contributed by atoms with Crippen LogP contribution in [0.25, 0.3) is 0 Å². The summed E-state index contributed by atoms with van der Waals surface area (Å²) in [5.41, 5.74) is 0.759. The van der Waals surface area contributed by atoms with Gasteiger partial charge in [-0.25, -0.2) is 8.42 Å². The number of rotatable bonds is 7. The number of nitrogens with one attached hydrogen (secondary N) is 2. The zero-order valence-corrected chi connectivity index (χ0v) is 19.4. The summed E-state index contributed by atoms with van der Waals surface area (Å²) >= 11 is 7.45. The van der Waals surface area contributed by atoms with Gasteiger partial charge in [-0.2, -0.15) is 0 Å². The van der Waals surface area contributed by atoms with Crippen LogP contribution < -0.4 is 20.1 Å². The van der Waals surface area contributed by atoms with Gasteiger partial charge < -0.3 is 20.1 Å². The van der Waals surface area contributed by atoms with Gasteiger partial charge >= 0.3 is 0 Å². The van der Waals surface area contributed by atoms with E-state index in [4.69, 9.17) is 21.1 Å². The topological polar surface area (TPSA) is 111 Å². The standard InChI is InChI=1S/C20H21ClN2O6S2/c1-11-20(25)23-15-8-12(4-5-18(15)30-11)31(26,27)7-6-19(24)22-14-9-13(21)16(28-2)10-17(14)29-3/h4-5,8-11H,6-7H2,1-3H3,(H,22,24)(H,23,25). The first-order valence-corrected chi connectivity index (χ1v) is 12.1. The van der Waals surface area contributed by atoms with Gasteiger partial charge in [0.25, 0.3) is 0 Å². The maximum Gasteiger partial charge on any atom is 0.237 e. The predicted octanol–water partition coefficient (Wildman–Crippen LogP) is 3.59. The van der Waals surface area contributed by atoms with Gasteiger partial charge in [0.1, 0.15) is 11.5 Å². The number of methoxy groups -OCH3 is 2. The summed E-state index contributed by atoms with van der Waals surface area (Å²) in [6.45, 7) is 1.77. The highest BCUT2D eigenvalue weighted by atomic mass is 35.5. The molecule has 0 bridgehead atoms. The van der Waals surface area contributed by atoms with Crippen LogP contribution in [0.5, 0.6) is 11.5 Å². The molecule has 0 radical (unpaired) electrons. The smallest absolute Gasteiger partial charge is 0.237 e. The highest BCUT2D eigenvalue weighted by Gasteiger charge is 2.25. The summed E-state index contributed by atoms with van der Waals surface area (Å²) in [4.78, 5) is 25.1. The molecular weight excluding hydrogens is 464 g/mol. The van der Waals surface area contributed by atoms with Crippen LogP contribution in [-0.4, -0.2) is 45.5 Å². The highest BCUT2D eigenvalue weighted by Crippen LogP contribution is 2.37. The van der Waals surface area contributed by atoms with Crippen molar-refractivity contribution < 1.29 is 27.5 Å². The number of hydrogen-bond acceptors (Lipinski definition) is 7. The lowest BCUT2D eigenvalue weighted by Gasteiger charge is -2.21. The maximum atomic E-state index is 12.7. The monoisotopic (exact) mass is 484 g/mol. The fourth-order valence-corrected chi connectivity index (χ4v) is 5.33. The number of carbonyl (C=O) groups is 2. The molecule has 2 aromatic rings. The molecule has 11 heteroatoms. The molecule has 1 unspecified atom stereocenters. The van der Waals surface area contributed by atoms with Crippen molar-refractivity contribution in [1.82, 2.24) is 0 Å².